The second kappa shape index (κ2) is 8.77. The molecule has 2 aromatic carbocycles. The van der Waals surface area contributed by atoms with E-state index < -0.39 is 0 Å². The van der Waals surface area contributed by atoms with Gasteiger partial charge in [-0.05, 0) is 36.1 Å². The number of hydrogen-bond acceptors (Lipinski definition) is 2. The molecule has 1 saturated carbocycles. The summed E-state index contributed by atoms with van der Waals surface area (Å²) in [6.07, 6.45) is 4.18. The normalized spacial score (nSPS) is 15.9. The molecule has 0 heterocycles. The van der Waals surface area contributed by atoms with E-state index in [0.717, 1.165) is 47.8 Å². The van der Waals surface area contributed by atoms with E-state index in [2.05, 4.69) is 23.5 Å². The van der Waals surface area contributed by atoms with Crippen LogP contribution < -0.4 is 5.32 Å². The maximum absolute atomic E-state index is 12.9. The van der Waals surface area contributed by atoms with Crippen LogP contribution in [0.3, 0.4) is 0 Å². The monoisotopic (exact) mass is 373 g/mol. The van der Waals surface area contributed by atoms with E-state index in [0.29, 0.717) is 6.54 Å². The third-order valence-corrected chi connectivity index (χ3v) is 6.17. The van der Waals surface area contributed by atoms with E-state index in [1.165, 1.54) is 5.56 Å². The molecule has 4 heteroatoms. The van der Waals surface area contributed by atoms with E-state index >= 15 is 0 Å². The Morgan fingerprint density at radius 3 is 2.56 bits per heavy atom. The highest BCUT2D eigenvalue weighted by Gasteiger charge is 2.42. The molecule has 1 fully saturated rings. The van der Waals surface area contributed by atoms with Gasteiger partial charge in [0.05, 0.1) is 5.41 Å². The highest BCUT2D eigenvalue weighted by Crippen LogP contribution is 2.41. The van der Waals surface area contributed by atoms with Gasteiger partial charge in [-0.15, -0.1) is 0 Å². The Morgan fingerprint density at radius 1 is 1.08 bits per heavy atom. The first-order valence-corrected chi connectivity index (χ1v) is 10.4. The zero-order valence-corrected chi connectivity index (χ0v) is 15.9. The standard InChI is InChI=1S/C21H24ClNOS/c22-19-10-6-7-17(15-19)16-25-14-13-23-20(24)21(11-4-5-12-21)18-8-2-1-3-9-18/h1-3,6-10,15H,4-5,11-14,16H2,(H,23,24). The summed E-state index contributed by atoms with van der Waals surface area (Å²) in [7, 11) is 0. The Labute approximate surface area is 159 Å². The average molecular weight is 374 g/mol. The van der Waals surface area contributed by atoms with Gasteiger partial charge in [0, 0.05) is 23.1 Å². The average Bonchev–Trinajstić information content (AvgIpc) is 3.13. The summed E-state index contributed by atoms with van der Waals surface area (Å²) in [6, 6.07) is 18.2. The third kappa shape index (κ3) is 4.59. The predicted molar refractivity (Wildman–Crippen MR) is 107 cm³/mol. The molecule has 2 aromatic rings. The van der Waals surface area contributed by atoms with Crippen LogP contribution in [0.1, 0.15) is 36.8 Å². The van der Waals surface area contributed by atoms with Crippen molar-refractivity contribution in [1.82, 2.24) is 5.32 Å². The van der Waals surface area contributed by atoms with E-state index in [1.807, 2.05) is 48.2 Å². The van der Waals surface area contributed by atoms with Crippen LogP contribution in [0.2, 0.25) is 5.02 Å². The Balaban J connectivity index is 1.49. The topological polar surface area (TPSA) is 29.1 Å². The fourth-order valence-electron chi connectivity index (χ4n) is 3.61. The molecule has 0 spiro atoms. The van der Waals surface area contributed by atoms with Gasteiger partial charge in [-0.25, -0.2) is 0 Å². The molecule has 25 heavy (non-hydrogen) atoms. The highest BCUT2D eigenvalue weighted by atomic mass is 35.5. The first-order chi connectivity index (χ1) is 12.2. The van der Waals surface area contributed by atoms with Gasteiger partial charge in [-0.2, -0.15) is 11.8 Å². The minimum absolute atomic E-state index is 0.194. The molecular formula is C21H24ClNOS. The lowest BCUT2D eigenvalue weighted by molar-refractivity contribution is -0.126. The molecule has 0 bridgehead atoms. The molecule has 3 rings (SSSR count). The minimum atomic E-state index is -0.321. The zero-order valence-electron chi connectivity index (χ0n) is 14.3. The summed E-state index contributed by atoms with van der Waals surface area (Å²) < 4.78 is 0. The van der Waals surface area contributed by atoms with Crippen molar-refractivity contribution in [2.45, 2.75) is 36.9 Å². The lowest BCUT2D eigenvalue weighted by Gasteiger charge is -2.28. The number of rotatable bonds is 7. The van der Waals surface area contributed by atoms with Crippen LogP contribution in [-0.2, 0) is 16.0 Å². The quantitative estimate of drug-likeness (QED) is 0.675. The van der Waals surface area contributed by atoms with Gasteiger partial charge >= 0.3 is 0 Å². The van der Waals surface area contributed by atoms with Crippen LogP contribution in [0.15, 0.2) is 54.6 Å². The van der Waals surface area contributed by atoms with Gasteiger partial charge < -0.3 is 5.32 Å². The van der Waals surface area contributed by atoms with Crippen molar-refractivity contribution >= 4 is 29.3 Å². The van der Waals surface area contributed by atoms with Crippen LogP contribution >= 0.6 is 23.4 Å². The van der Waals surface area contributed by atoms with Gasteiger partial charge in [0.1, 0.15) is 0 Å². The molecule has 0 aromatic heterocycles. The molecule has 1 aliphatic carbocycles. The summed E-state index contributed by atoms with van der Waals surface area (Å²) in [6.45, 7) is 0.707. The first-order valence-electron chi connectivity index (χ1n) is 8.87. The number of nitrogens with one attached hydrogen (secondary N) is 1. The number of amides is 1. The predicted octanol–water partition coefficient (Wildman–Crippen LogP) is 5.20. The molecule has 0 unspecified atom stereocenters. The van der Waals surface area contributed by atoms with Gasteiger partial charge in [0.25, 0.3) is 0 Å². The minimum Gasteiger partial charge on any atom is -0.355 e. The Hall–Kier alpha value is -1.45. The van der Waals surface area contributed by atoms with E-state index in [4.69, 9.17) is 11.6 Å². The molecule has 1 amide bonds. The van der Waals surface area contributed by atoms with Crippen molar-refractivity contribution in [2.75, 3.05) is 12.3 Å². The number of benzene rings is 2. The smallest absolute Gasteiger partial charge is 0.230 e. The van der Waals surface area contributed by atoms with Gasteiger partial charge in [-0.3, -0.25) is 4.79 Å². The van der Waals surface area contributed by atoms with Gasteiger partial charge in [0.2, 0.25) is 5.91 Å². The van der Waals surface area contributed by atoms with Crippen LogP contribution in [0.25, 0.3) is 0 Å². The highest BCUT2D eigenvalue weighted by molar-refractivity contribution is 7.98. The molecule has 2 nitrogen and oxygen atoms in total. The SMILES string of the molecule is O=C(NCCSCc1cccc(Cl)c1)C1(c2ccccc2)CCCC1. The number of thioether (sulfide) groups is 1. The molecule has 1 N–H and O–H groups in total. The Bertz CT molecular complexity index is 698. The number of carbonyl (C=O) groups is 1. The molecular weight excluding hydrogens is 350 g/mol. The fraction of sp³-hybridized carbons (Fsp3) is 0.381. The lowest BCUT2D eigenvalue weighted by atomic mass is 9.78. The summed E-state index contributed by atoms with van der Waals surface area (Å²) >= 11 is 7.83. The second-order valence-electron chi connectivity index (χ2n) is 6.59. The lowest BCUT2D eigenvalue weighted by Crippen LogP contribution is -2.43. The summed E-state index contributed by atoms with van der Waals surface area (Å²) in [5.74, 6) is 2.02. The maximum atomic E-state index is 12.9. The van der Waals surface area contributed by atoms with Gasteiger partial charge in [-0.1, -0.05) is 66.9 Å². The molecule has 1 aliphatic rings. The first kappa shape index (κ1) is 18.3. The molecule has 0 aliphatic heterocycles. The van der Waals surface area contributed by atoms with Crippen molar-refractivity contribution < 1.29 is 4.79 Å². The van der Waals surface area contributed by atoms with E-state index in [9.17, 15) is 4.79 Å². The van der Waals surface area contributed by atoms with Gasteiger partial charge in [0.15, 0.2) is 0 Å². The molecule has 132 valence electrons. The molecule has 0 atom stereocenters. The van der Waals surface area contributed by atoms with Crippen LogP contribution in [-0.4, -0.2) is 18.2 Å². The number of halogens is 1. The molecule has 0 radical (unpaired) electrons. The number of carbonyl (C=O) groups excluding carboxylic acids is 1. The van der Waals surface area contributed by atoms with Crippen molar-refractivity contribution in [3.63, 3.8) is 0 Å². The Morgan fingerprint density at radius 2 is 1.84 bits per heavy atom. The second-order valence-corrected chi connectivity index (χ2v) is 8.14. The number of hydrogen-bond donors (Lipinski definition) is 1. The van der Waals surface area contributed by atoms with E-state index in [-0.39, 0.29) is 11.3 Å². The summed E-state index contributed by atoms with van der Waals surface area (Å²) in [4.78, 5) is 12.9. The molecule has 0 saturated heterocycles. The summed E-state index contributed by atoms with van der Waals surface area (Å²) in [5, 5.41) is 3.95. The fourth-order valence-corrected chi connectivity index (χ4v) is 4.62. The third-order valence-electron chi connectivity index (χ3n) is 4.91. The van der Waals surface area contributed by atoms with Crippen molar-refractivity contribution in [3.8, 4) is 0 Å². The summed E-state index contributed by atoms with van der Waals surface area (Å²) in [5.41, 5.74) is 2.07. The van der Waals surface area contributed by atoms with Crippen LogP contribution in [0.5, 0.6) is 0 Å². The van der Waals surface area contributed by atoms with E-state index in [1.54, 1.807) is 0 Å². The largest absolute Gasteiger partial charge is 0.355 e. The van der Waals surface area contributed by atoms with Crippen molar-refractivity contribution in [3.05, 3.63) is 70.7 Å². The van der Waals surface area contributed by atoms with Crippen LogP contribution in [0.4, 0.5) is 0 Å². The zero-order chi connectivity index (χ0) is 17.5. The maximum Gasteiger partial charge on any atom is 0.230 e. The van der Waals surface area contributed by atoms with Crippen LogP contribution in [0, 0.1) is 0 Å². The Kier molecular flexibility index (Phi) is 6.44. The van der Waals surface area contributed by atoms with Crippen molar-refractivity contribution in [1.29, 1.82) is 0 Å². The van der Waals surface area contributed by atoms with Crippen molar-refractivity contribution in [2.24, 2.45) is 0 Å².